The van der Waals surface area contributed by atoms with Crippen LogP contribution in [0.1, 0.15) is 16.5 Å². The summed E-state index contributed by atoms with van der Waals surface area (Å²) in [6, 6.07) is 8.54. The average molecular weight is 306 g/mol. The number of nitrogens with zero attached hydrogens (tertiary/aromatic N) is 2. The van der Waals surface area contributed by atoms with Crippen molar-refractivity contribution >= 4 is 17.7 Å². The monoisotopic (exact) mass is 306 g/mol. The topological polar surface area (TPSA) is 32.8 Å². The smallest absolute Gasteiger partial charge is 0.233 e. The van der Waals surface area contributed by atoms with E-state index in [0.29, 0.717) is 5.75 Å². The summed E-state index contributed by atoms with van der Waals surface area (Å²) in [6.07, 6.45) is 0. The lowest BCUT2D eigenvalue weighted by atomic mass is 10.1. The molecule has 0 N–H and O–H groups in total. The van der Waals surface area contributed by atoms with Crippen molar-refractivity contribution in [2.75, 3.05) is 45.1 Å². The quantitative estimate of drug-likeness (QED) is 0.850. The second-order valence-corrected chi connectivity index (χ2v) is 6.68. The van der Waals surface area contributed by atoms with Gasteiger partial charge in [-0.3, -0.25) is 9.69 Å². The molecule has 2 heterocycles. The SMILES string of the molecule is Cc1ccc([C@@H]2SCC(=O)N2CCN2CCOCC2)cc1. The van der Waals surface area contributed by atoms with Crippen molar-refractivity contribution in [1.82, 2.24) is 9.80 Å². The fourth-order valence-corrected chi connectivity index (χ4v) is 4.00. The molecule has 2 aliphatic heterocycles. The van der Waals surface area contributed by atoms with E-state index in [0.717, 1.165) is 39.4 Å². The zero-order chi connectivity index (χ0) is 14.7. The minimum absolute atomic E-state index is 0.180. The van der Waals surface area contributed by atoms with Crippen molar-refractivity contribution in [3.8, 4) is 0 Å². The third kappa shape index (κ3) is 3.59. The van der Waals surface area contributed by atoms with Crippen LogP contribution in [0.4, 0.5) is 0 Å². The summed E-state index contributed by atoms with van der Waals surface area (Å²) in [4.78, 5) is 16.6. The Morgan fingerprint density at radius 1 is 1.19 bits per heavy atom. The molecule has 1 aromatic carbocycles. The maximum Gasteiger partial charge on any atom is 0.233 e. The van der Waals surface area contributed by atoms with Crippen LogP contribution in [-0.2, 0) is 9.53 Å². The Morgan fingerprint density at radius 2 is 1.90 bits per heavy atom. The fourth-order valence-electron chi connectivity index (χ4n) is 2.78. The number of thioether (sulfide) groups is 1. The third-order valence-electron chi connectivity index (χ3n) is 4.09. The van der Waals surface area contributed by atoms with Gasteiger partial charge in [0.2, 0.25) is 5.91 Å². The van der Waals surface area contributed by atoms with E-state index in [4.69, 9.17) is 4.74 Å². The highest BCUT2D eigenvalue weighted by molar-refractivity contribution is 8.00. The number of hydrogen-bond acceptors (Lipinski definition) is 4. The van der Waals surface area contributed by atoms with Crippen molar-refractivity contribution < 1.29 is 9.53 Å². The molecule has 1 atom stereocenters. The molecule has 2 aliphatic rings. The van der Waals surface area contributed by atoms with Crippen LogP contribution < -0.4 is 0 Å². The Labute approximate surface area is 130 Å². The van der Waals surface area contributed by atoms with Crippen LogP contribution in [0.25, 0.3) is 0 Å². The van der Waals surface area contributed by atoms with Gasteiger partial charge in [-0.15, -0.1) is 11.8 Å². The number of ether oxygens (including phenoxy) is 1. The van der Waals surface area contributed by atoms with Crippen LogP contribution in [0.3, 0.4) is 0 Å². The van der Waals surface area contributed by atoms with Crippen LogP contribution in [0.15, 0.2) is 24.3 Å². The van der Waals surface area contributed by atoms with E-state index in [2.05, 4.69) is 36.1 Å². The number of hydrogen-bond donors (Lipinski definition) is 0. The minimum atomic E-state index is 0.180. The number of benzene rings is 1. The maximum atomic E-state index is 12.2. The van der Waals surface area contributed by atoms with Crippen LogP contribution in [0.2, 0.25) is 0 Å². The molecule has 21 heavy (non-hydrogen) atoms. The molecule has 5 heteroatoms. The van der Waals surface area contributed by atoms with Crippen LogP contribution in [-0.4, -0.2) is 60.9 Å². The van der Waals surface area contributed by atoms with Gasteiger partial charge in [0.05, 0.1) is 19.0 Å². The standard InChI is InChI=1S/C16H22N2O2S/c1-13-2-4-14(5-3-13)16-18(15(19)12-21-16)7-6-17-8-10-20-11-9-17/h2-5,16H,6-12H2,1H3/t16-/m0/s1. The molecular formula is C16H22N2O2S. The predicted octanol–water partition coefficient (Wildman–Crippen LogP) is 1.90. The largest absolute Gasteiger partial charge is 0.379 e. The van der Waals surface area contributed by atoms with E-state index in [9.17, 15) is 4.79 Å². The third-order valence-corrected chi connectivity index (χ3v) is 5.35. The summed E-state index contributed by atoms with van der Waals surface area (Å²) < 4.78 is 5.37. The van der Waals surface area contributed by atoms with Gasteiger partial charge in [0, 0.05) is 26.2 Å². The zero-order valence-corrected chi connectivity index (χ0v) is 13.3. The maximum absolute atomic E-state index is 12.2. The summed E-state index contributed by atoms with van der Waals surface area (Å²) in [6.45, 7) is 7.41. The Balaban J connectivity index is 1.63. The van der Waals surface area contributed by atoms with Gasteiger partial charge in [0.1, 0.15) is 5.37 Å². The van der Waals surface area contributed by atoms with E-state index in [-0.39, 0.29) is 11.3 Å². The summed E-state index contributed by atoms with van der Waals surface area (Å²) in [7, 11) is 0. The highest BCUT2D eigenvalue weighted by Gasteiger charge is 2.32. The number of morpholine rings is 1. The lowest BCUT2D eigenvalue weighted by Gasteiger charge is -2.30. The molecule has 0 bridgehead atoms. The van der Waals surface area contributed by atoms with Gasteiger partial charge in [0.15, 0.2) is 0 Å². The van der Waals surface area contributed by atoms with E-state index in [1.165, 1.54) is 11.1 Å². The normalized spacial score (nSPS) is 23.8. The van der Waals surface area contributed by atoms with E-state index >= 15 is 0 Å². The molecule has 0 unspecified atom stereocenters. The molecule has 1 aromatic rings. The Bertz CT molecular complexity index is 486. The minimum Gasteiger partial charge on any atom is -0.379 e. The molecule has 2 fully saturated rings. The lowest BCUT2D eigenvalue weighted by Crippen LogP contribution is -2.42. The van der Waals surface area contributed by atoms with Crippen molar-refractivity contribution in [2.24, 2.45) is 0 Å². The Kier molecular flexibility index (Phi) is 4.83. The first-order valence-corrected chi connectivity index (χ1v) is 8.56. The molecule has 2 saturated heterocycles. The van der Waals surface area contributed by atoms with Crippen LogP contribution >= 0.6 is 11.8 Å². The highest BCUT2D eigenvalue weighted by Crippen LogP contribution is 2.38. The van der Waals surface area contributed by atoms with Gasteiger partial charge in [-0.25, -0.2) is 0 Å². The molecule has 0 aromatic heterocycles. The first kappa shape index (κ1) is 14.9. The van der Waals surface area contributed by atoms with Crippen molar-refractivity contribution in [1.29, 1.82) is 0 Å². The van der Waals surface area contributed by atoms with Crippen molar-refractivity contribution in [3.63, 3.8) is 0 Å². The van der Waals surface area contributed by atoms with Gasteiger partial charge in [-0.2, -0.15) is 0 Å². The van der Waals surface area contributed by atoms with E-state index in [1.54, 1.807) is 11.8 Å². The van der Waals surface area contributed by atoms with Crippen molar-refractivity contribution in [3.05, 3.63) is 35.4 Å². The summed E-state index contributed by atoms with van der Waals surface area (Å²) in [5, 5.41) is 0.180. The first-order chi connectivity index (χ1) is 10.2. The predicted molar refractivity (Wildman–Crippen MR) is 85.4 cm³/mol. The van der Waals surface area contributed by atoms with Crippen LogP contribution in [0, 0.1) is 6.92 Å². The molecule has 0 saturated carbocycles. The Hall–Kier alpha value is -1.04. The fraction of sp³-hybridized carbons (Fsp3) is 0.562. The van der Waals surface area contributed by atoms with Gasteiger partial charge in [-0.05, 0) is 12.5 Å². The first-order valence-electron chi connectivity index (χ1n) is 7.52. The molecule has 0 radical (unpaired) electrons. The zero-order valence-electron chi connectivity index (χ0n) is 12.5. The average Bonchev–Trinajstić information content (AvgIpc) is 2.88. The van der Waals surface area contributed by atoms with Crippen LogP contribution in [0.5, 0.6) is 0 Å². The molecular weight excluding hydrogens is 284 g/mol. The number of amides is 1. The second-order valence-electron chi connectivity index (χ2n) is 5.62. The molecule has 3 rings (SSSR count). The summed E-state index contributed by atoms with van der Waals surface area (Å²) in [5.41, 5.74) is 2.49. The molecule has 0 spiro atoms. The molecule has 1 amide bonds. The van der Waals surface area contributed by atoms with E-state index in [1.807, 2.05) is 4.90 Å². The lowest BCUT2D eigenvalue weighted by molar-refractivity contribution is -0.128. The van der Waals surface area contributed by atoms with Gasteiger partial charge < -0.3 is 9.64 Å². The number of aryl methyl sites for hydroxylation is 1. The number of carbonyl (C=O) groups excluding carboxylic acids is 1. The van der Waals surface area contributed by atoms with Gasteiger partial charge in [-0.1, -0.05) is 29.8 Å². The molecule has 4 nitrogen and oxygen atoms in total. The van der Waals surface area contributed by atoms with E-state index < -0.39 is 0 Å². The highest BCUT2D eigenvalue weighted by atomic mass is 32.2. The van der Waals surface area contributed by atoms with Gasteiger partial charge in [0.25, 0.3) is 0 Å². The number of carbonyl (C=O) groups is 1. The molecule has 114 valence electrons. The van der Waals surface area contributed by atoms with Crippen molar-refractivity contribution in [2.45, 2.75) is 12.3 Å². The Morgan fingerprint density at radius 3 is 2.62 bits per heavy atom. The molecule has 0 aliphatic carbocycles. The second kappa shape index (κ2) is 6.81. The summed E-state index contributed by atoms with van der Waals surface area (Å²) in [5.74, 6) is 0.862. The number of rotatable bonds is 4. The van der Waals surface area contributed by atoms with Gasteiger partial charge >= 0.3 is 0 Å². The summed E-state index contributed by atoms with van der Waals surface area (Å²) >= 11 is 1.74.